The topological polar surface area (TPSA) is 55.2 Å². The molecule has 1 aromatic rings. The van der Waals surface area contributed by atoms with Gasteiger partial charge in [0.05, 0.1) is 15.6 Å². The molecule has 104 valence electrons. The summed E-state index contributed by atoms with van der Waals surface area (Å²) in [4.78, 5) is 10.2. The minimum atomic E-state index is -0.435. The summed E-state index contributed by atoms with van der Waals surface area (Å²) in [7, 11) is 0. The lowest BCUT2D eigenvalue weighted by molar-refractivity contribution is -0.384. The second-order valence-corrected chi connectivity index (χ2v) is 7.08. The summed E-state index contributed by atoms with van der Waals surface area (Å²) in [6.45, 7) is 4.51. The van der Waals surface area contributed by atoms with Gasteiger partial charge in [-0.05, 0) is 23.7 Å². The van der Waals surface area contributed by atoms with Crippen molar-refractivity contribution >= 4 is 34.7 Å². The molecule has 1 aliphatic heterocycles. The average molecular weight is 301 g/mol. The molecule has 4 nitrogen and oxygen atoms in total. The van der Waals surface area contributed by atoms with Crippen molar-refractivity contribution < 1.29 is 4.92 Å². The Hall–Kier alpha value is -0.940. The number of halogens is 1. The molecule has 1 saturated heterocycles. The summed E-state index contributed by atoms with van der Waals surface area (Å²) in [6.07, 6.45) is 1.08. The van der Waals surface area contributed by atoms with Gasteiger partial charge in [0.2, 0.25) is 0 Å². The summed E-state index contributed by atoms with van der Waals surface area (Å²) in [5, 5.41) is 14.5. The number of hydrogen-bond donors (Lipinski definition) is 1. The fourth-order valence-electron chi connectivity index (χ4n) is 2.31. The van der Waals surface area contributed by atoms with Gasteiger partial charge in [0, 0.05) is 23.9 Å². The second kappa shape index (κ2) is 5.59. The first kappa shape index (κ1) is 14.5. The van der Waals surface area contributed by atoms with Gasteiger partial charge in [-0.25, -0.2) is 0 Å². The molecule has 19 heavy (non-hydrogen) atoms. The third kappa shape index (κ3) is 3.76. The van der Waals surface area contributed by atoms with E-state index in [1.165, 1.54) is 17.9 Å². The Morgan fingerprint density at radius 1 is 1.53 bits per heavy atom. The molecule has 0 aromatic heterocycles. The summed E-state index contributed by atoms with van der Waals surface area (Å²) in [6, 6.07) is 4.92. The monoisotopic (exact) mass is 300 g/mol. The van der Waals surface area contributed by atoms with Crippen LogP contribution in [0.15, 0.2) is 18.2 Å². The van der Waals surface area contributed by atoms with Crippen molar-refractivity contribution in [3.8, 4) is 0 Å². The predicted molar refractivity (Wildman–Crippen MR) is 81.2 cm³/mol. The molecule has 0 radical (unpaired) electrons. The molecular formula is C13H17ClN2O2S. The Bertz CT molecular complexity index is 494. The van der Waals surface area contributed by atoms with Gasteiger partial charge in [0.1, 0.15) is 0 Å². The van der Waals surface area contributed by atoms with Crippen LogP contribution in [0.25, 0.3) is 0 Å². The van der Waals surface area contributed by atoms with Gasteiger partial charge < -0.3 is 5.32 Å². The van der Waals surface area contributed by atoms with Crippen LogP contribution in [0.3, 0.4) is 0 Å². The number of nitrogens with zero attached hydrogens (tertiary/aromatic N) is 1. The van der Waals surface area contributed by atoms with Gasteiger partial charge in [-0.1, -0.05) is 25.4 Å². The van der Waals surface area contributed by atoms with Crippen LogP contribution in [-0.4, -0.2) is 22.5 Å². The quantitative estimate of drug-likeness (QED) is 0.671. The average Bonchev–Trinajstić information content (AvgIpc) is 2.30. The fourth-order valence-corrected chi connectivity index (χ4v) is 3.81. The molecule has 1 unspecified atom stereocenters. The number of thioether (sulfide) groups is 1. The third-order valence-corrected chi connectivity index (χ3v) is 5.07. The number of nitro benzene ring substituents is 1. The Kier molecular flexibility index (Phi) is 4.26. The van der Waals surface area contributed by atoms with Gasteiger partial charge in [-0.15, -0.1) is 0 Å². The molecule has 1 fully saturated rings. The molecular weight excluding hydrogens is 284 g/mol. The van der Waals surface area contributed by atoms with Crippen LogP contribution in [-0.2, 0) is 0 Å². The van der Waals surface area contributed by atoms with Gasteiger partial charge >= 0.3 is 0 Å². The predicted octanol–water partition coefficient (Wildman–Crippen LogP) is 4.19. The Balaban J connectivity index is 2.09. The Morgan fingerprint density at radius 2 is 2.26 bits per heavy atom. The summed E-state index contributed by atoms with van der Waals surface area (Å²) >= 11 is 8.02. The largest absolute Gasteiger partial charge is 0.380 e. The maximum atomic E-state index is 10.7. The van der Waals surface area contributed by atoms with Crippen LogP contribution in [0.4, 0.5) is 11.4 Å². The highest BCUT2D eigenvalue weighted by Crippen LogP contribution is 2.36. The van der Waals surface area contributed by atoms with Gasteiger partial charge in [-0.3, -0.25) is 10.1 Å². The molecule has 0 saturated carbocycles. The highest BCUT2D eigenvalue weighted by Gasteiger charge is 2.28. The van der Waals surface area contributed by atoms with Gasteiger partial charge in [0.25, 0.3) is 5.69 Å². The van der Waals surface area contributed by atoms with E-state index in [4.69, 9.17) is 11.6 Å². The van der Waals surface area contributed by atoms with Crippen molar-refractivity contribution in [2.45, 2.75) is 26.3 Å². The van der Waals surface area contributed by atoms with Crippen LogP contribution >= 0.6 is 23.4 Å². The fraction of sp³-hybridized carbons (Fsp3) is 0.538. The molecule has 0 spiro atoms. The van der Waals surface area contributed by atoms with E-state index >= 15 is 0 Å². The lowest BCUT2D eigenvalue weighted by Crippen LogP contribution is -2.35. The van der Waals surface area contributed by atoms with Gasteiger partial charge in [-0.2, -0.15) is 11.8 Å². The summed E-state index contributed by atoms with van der Waals surface area (Å²) < 4.78 is 0. The molecule has 1 aliphatic rings. The molecule has 1 aromatic carbocycles. The highest BCUT2D eigenvalue weighted by molar-refractivity contribution is 7.99. The molecule has 0 aliphatic carbocycles. The van der Waals surface area contributed by atoms with Crippen LogP contribution in [0, 0.1) is 15.5 Å². The highest BCUT2D eigenvalue weighted by atomic mass is 35.5. The van der Waals surface area contributed by atoms with E-state index in [0.717, 1.165) is 17.9 Å². The number of nitro groups is 1. The molecule has 1 atom stereocenters. The van der Waals surface area contributed by atoms with Crippen molar-refractivity contribution in [1.82, 2.24) is 0 Å². The minimum Gasteiger partial charge on any atom is -0.380 e. The number of non-ortho nitro benzene ring substituents is 1. The number of nitrogens with one attached hydrogen (secondary N) is 1. The van der Waals surface area contributed by atoms with E-state index in [2.05, 4.69) is 19.2 Å². The Morgan fingerprint density at radius 3 is 2.84 bits per heavy atom. The number of hydrogen-bond acceptors (Lipinski definition) is 4. The van der Waals surface area contributed by atoms with E-state index < -0.39 is 4.92 Å². The molecule has 0 bridgehead atoms. The maximum absolute atomic E-state index is 10.7. The third-order valence-electron chi connectivity index (χ3n) is 3.13. The minimum absolute atomic E-state index is 0.0221. The number of benzene rings is 1. The van der Waals surface area contributed by atoms with Crippen molar-refractivity contribution in [3.05, 3.63) is 33.3 Å². The number of rotatable bonds is 3. The first-order chi connectivity index (χ1) is 8.87. The molecule has 0 amide bonds. The zero-order valence-electron chi connectivity index (χ0n) is 11.0. The van der Waals surface area contributed by atoms with Crippen LogP contribution in [0.5, 0.6) is 0 Å². The first-order valence-corrected chi connectivity index (χ1v) is 7.69. The van der Waals surface area contributed by atoms with E-state index in [0.29, 0.717) is 16.5 Å². The summed E-state index contributed by atoms with van der Waals surface area (Å²) in [5.74, 6) is 2.20. The lowest BCUT2D eigenvalue weighted by Gasteiger charge is -2.35. The standard InChI is InChI=1S/C13H17ClN2O2S/c1-13(2)6-9(7-19-8-13)15-12-4-3-10(16(17)18)5-11(12)14/h3-5,9,15H,6-8H2,1-2H3. The zero-order valence-corrected chi connectivity index (χ0v) is 12.6. The van der Waals surface area contributed by atoms with E-state index in [-0.39, 0.29) is 5.69 Å². The van der Waals surface area contributed by atoms with E-state index in [1.54, 1.807) is 6.07 Å². The lowest BCUT2D eigenvalue weighted by atomic mass is 9.88. The zero-order chi connectivity index (χ0) is 14.0. The van der Waals surface area contributed by atoms with Crippen molar-refractivity contribution in [2.75, 3.05) is 16.8 Å². The maximum Gasteiger partial charge on any atom is 0.271 e. The smallest absolute Gasteiger partial charge is 0.271 e. The van der Waals surface area contributed by atoms with E-state index in [9.17, 15) is 10.1 Å². The molecule has 6 heteroatoms. The van der Waals surface area contributed by atoms with E-state index in [1.807, 2.05) is 11.8 Å². The molecule has 1 N–H and O–H groups in total. The normalized spacial score (nSPS) is 21.9. The SMILES string of the molecule is CC1(C)CSCC(Nc2ccc([N+](=O)[O-])cc2Cl)C1. The van der Waals surface area contributed by atoms with Crippen LogP contribution < -0.4 is 5.32 Å². The number of anilines is 1. The first-order valence-electron chi connectivity index (χ1n) is 6.16. The molecule has 2 rings (SSSR count). The van der Waals surface area contributed by atoms with Crippen molar-refractivity contribution in [3.63, 3.8) is 0 Å². The molecule has 1 heterocycles. The summed E-state index contributed by atoms with van der Waals surface area (Å²) in [5.41, 5.74) is 1.11. The van der Waals surface area contributed by atoms with Crippen LogP contribution in [0.2, 0.25) is 5.02 Å². The van der Waals surface area contributed by atoms with Crippen molar-refractivity contribution in [1.29, 1.82) is 0 Å². The van der Waals surface area contributed by atoms with Crippen molar-refractivity contribution in [2.24, 2.45) is 5.41 Å². The second-order valence-electron chi connectivity index (χ2n) is 5.65. The van der Waals surface area contributed by atoms with Crippen LogP contribution in [0.1, 0.15) is 20.3 Å². The van der Waals surface area contributed by atoms with Gasteiger partial charge in [0.15, 0.2) is 0 Å². The Labute approximate surface area is 122 Å².